The van der Waals surface area contributed by atoms with Crippen molar-refractivity contribution >= 4 is 11.4 Å². The number of hydrogen-bond donors (Lipinski definition) is 1. The average Bonchev–Trinajstić information content (AvgIpc) is 2.43. The van der Waals surface area contributed by atoms with Gasteiger partial charge in [0.05, 0.1) is 11.0 Å². The second-order valence-electron chi connectivity index (χ2n) is 4.21. The van der Waals surface area contributed by atoms with Gasteiger partial charge in [0.2, 0.25) is 0 Å². The van der Waals surface area contributed by atoms with E-state index in [2.05, 4.69) is 5.32 Å². The van der Waals surface area contributed by atoms with Gasteiger partial charge in [-0.2, -0.15) is 0 Å². The molecule has 0 amide bonds. The zero-order valence-corrected chi connectivity index (χ0v) is 11.0. The third-order valence-corrected chi connectivity index (χ3v) is 2.77. The normalized spacial score (nSPS) is 10.2. The Balaban J connectivity index is 2.40. The zero-order valence-electron chi connectivity index (χ0n) is 11.0. The number of aryl methyl sites for hydroxylation is 1. The predicted molar refractivity (Wildman–Crippen MR) is 73.9 cm³/mol. The summed E-state index contributed by atoms with van der Waals surface area (Å²) in [7, 11) is 1.64. The smallest absolute Gasteiger partial charge is 0.275 e. The minimum Gasteiger partial charge on any atom is -0.454 e. The molecular weight excluding hydrogens is 263 g/mol. The summed E-state index contributed by atoms with van der Waals surface area (Å²) in [5.74, 6) is -0.245. The fraction of sp³-hybridized carbons (Fsp3) is 0.143. The first kappa shape index (κ1) is 13.8. The van der Waals surface area contributed by atoms with Gasteiger partial charge in [0.15, 0.2) is 11.6 Å². The molecular formula is C14H13FN2O3. The number of nitro benzene ring substituents is 1. The number of anilines is 1. The molecule has 0 spiro atoms. The molecule has 6 heteroatoms. The number of nitro groups is 1. The van der Waals surface area contributed by atoms with E-state index in [1.807, 2.05) is 0 Å². The standard InChI is InChI=1S/C14H13FN2O3/c1-9-4-3-5-13(14(9)15)20-12-7-10(16-2)6-11(8-12)17(18)19/h3-8,16H,1-2H3. The predicted octanol–water partition coefficient (Wildman–Crippen LogP) is 3.88. The van der Waals surface area contributed by atoms with Crippen LogP contribution >= 0.6 is 0 Å². The second-order valence-corrected chi connectivity index (χ2v) is 4.21. The Labute approximate surface area is 115 Å². The van der Waals surface area contributed by atoms with Crippen LogP contribution in [0.1, 0.15) is 5.56 Å². The summed E-state index contributed by atoms with van der Waals surface area (Å²) in [5.41, 5.74) is 0.837. The van der Waals surface area contributed by atoms with Gasteiger partial charge in [-0.05, 0) is 18.6 Å². The molecule has 0 saturated carbocycles. The van der Waals surface area contributed by atoms with Gasteiger partial charge in [-0.3, -0.25) is 10.1 Å². The third kappa shape index (κ3) is 2.85. The summed E-state index contributed by atoms with van der Waals surface area (Å²) >= 11 is 0. The number of rotatable bonds is 4. The van der Waals surface area contributed by atoms with Crippen molar-refractivity contribution in [3.63, 3.8) is 0 Å². The molecule has 0 radical (unpaired) electrons. The van der Waals surface area contributed by atoms with E-state index in [1.54, 1.807) is 32.2 Å². The fourth-order valence-corrected chi connectivity index (χ4v) is 1.72. The van der Waals surface area contributed by atoms with E-state index in [0.29, 0.717) is 11.3 Å². The van der Waals surface area contributed by atoms with Crippen molar-refractivity contribution in [1.82, 2.24) is 0 Å². The number of ether oxygens (including phenoxy) is 1. The van der Waals surface area contributed by atoms with Crippen LogP contribution in [0.2, 0.25) is 0 Å². The van der Waals surface area contributed by atoms with Gasteiger partial charge in [0.1, 0.15) is 5.75 Å². The minimum atomic E-state index is -0.527. The molecule has 5 nitrogen and oxygen atoms in total. The maximum absolute atomic E-state index is 13.9. The van der Waals surface area contributed by atoms with Crippen molar-refractivity contribution < 1.29 is 14.1 Å². The molecule has 0 aromatic heterocycles. The Hall–Kier alpha value is -2.63. The topological polar surface area (TPSA) is 64.4 Å². The summed E-state index contributed by atoms with van der Waals surface area (Å²) in [6.07, 6.45) is 0. The first-order valence-corrected chi connectivity index (χ1v) is 5.91. The summed E-state index contributed by atoms with van der Waals surface area (Å²) < 4.78 is 19.3. The number of non-ortho nitro benzene ring substituents is 1. The highest BCUT2D eigenvalue weighted by Gasteiger charge is 2.13. The maximum atomic E-state index is 13.9. The van der Waals surface area contributed by atoms with Crippen LogP contribution in [0.25, 0.3) is 0 Å². The summed E-state index contributed by atoms with van der Waals surface area (Å²) in [4.78, 5) is 10.3. The minimum absolute atomic E-state index is 0.0348. The molecule has 1 N–H and O–H groups in total. The van der Waals surface area contributed by atoms with Crippen LogP contribution < -0.4 is 10.1 Å². The molecule has 0 aliphatic carbocycles. The van der Waals surface area contributed by atoms with Crippen molar-refractivity contribution in [1.29, 1.82) is 0 Å². The highest BCUT2D eigenvalue weighted by Crippen LogP contribution is 2.31. The quantitative estimate of drug-likeness (QED) is 0.680. The van der Waals surface area contributed by atoms with Crippen molar-refractivity contribution in [2.75, 3.05) is 12.4 Å². The van der Waals surface area contributed by atoms with Gasteiger partial charge in [-0.15, -0.1) is 0 Å². The van der Waals surface area contributed by atoms with Gasteiger partial charge in [0, 0.05) is 24.9 Å². The van der Waals surface area contributed by atoms with Crippen LogP contribution in [0.15, 0.2) is 36.4 Å². The van der Waals surface area contributed by atoms with E-state index in [9.17, 15) is 14.5 Å². The summed E-state index contributed by atoms with van der Waals surface area (Å²) in [6.45, 7) is 1.62. The molecule has 0 bridgehead atoms. The van der Waals surface area contributed by atoms with E-state index < -0.39 is 10.7 Å². The lowest BCUT2D eigenvalue weighted by molar-refractivity contribution is -0.384. The van der Waals surface area contributed by atoms with Gasteiger partial charge < -0.3 is 10.1 Å². The molecule has 0 aliphatic rings. The van der Waals surface area contributed by atoms with Gasteiger partial charge >= 0.3 is 0 Å². The Bertz CT molecular complexity index is 659. The van der Waals surface area contributed by atoms with Crippen LogP contribution in [-0.2, 0) is 0 Å². The first-order valence-electron chi connectivity index (χ1n) is 5.91. The highest BCUT2D eigenvalue weighted by molar-refractivity contribution is 5.56. The van der Waals surface area contributed by atoms with Crippen LogP contribution in [0.4, 0.5) is 15.8 Å². The van der Waals surface area contributed by atoms with Gasteiger partial charge in [-0.1, -0.05) is 12.1 Å². The largest absolute Gasteiger partial charge is 0.454 e. The second kappa shape index (κ2) is 5.56. The van der Waals surface area contributed by atoms with Crippen molar-refractivity contribution in [3.8, 4) is 11.5 Å². The molecule has 0 heterocycles. The molecule has 0 fully saturated rings. The van der Waals surface area contributed by atoms with Crippen molar-refractivity contribution in [3.05, 3.63) is 57.9 Å². The lowest BCUT2D eigenvalue weighted by atomic mass is 10.2. The number of nitrogens with one attached hydrogen (secondary N) is 1. The Morgan fingerprint density at radius 1 is 1.30 bits per heavy atom. The van der Waals surface area contributed by atoms with E-state index in [0.717, 1.165) is 0 Å². The summed E-state index contributed by atoms with van der Waals surface area (Å²) in [6, 6.07) is 8.94. The lowest BCUT2D eigenvalue weighted by Crippen LogP contribution is -1.96. The van der Waals surface area contributed by atoms with E-state index >= 15 is 0 Å². The SMILES string of the molecule is CNc1cc(Oc2cccc(C)c2F)cc([N+](=O)[O-])c1. The molecule has 0 saturated heterocycles. The molecule has 2 aromatic carbocycles. The highest BCUT2D eigenvalue weighted by atomic mass is 19.1. The van der Waals surface area contributed by atoms with Gasteiger partial charge in [0.25, 0.3) is 5.69 Å². The molecule has 2 rings (SSSR count). The maximum Gasteiger partial charge on any atom is 0.275 e. The van der Waals surface area contributed by atoms with E-state index in [1.165, 1.54) is 18.2 Å². The number of halogens is 1. The lowest BCUT2D eigenvalue weighted by Gasteiger charge is -2.09. The molecule has 20 heavy (non-hydrogen) atoms. The average molecular weight is 276 g/mol. The third-order valence-electron chi connectivity index (χ3n) is 2.77. The molecule has 104 valence electrons. The van der Waals surface area contributed by atoms with Crippen LogP contribution in [0.5, 0.6) is 11.5 Å². The van der Waals surface area contributed by atoms with Crippen LogP contribution in [0.3, 0.4) is 0 Å². The Morgan fingerprint density at radius 3 is 2.70 bits per heavy atom. The zero-order chi connectivity index (χ0) is 14.7. The Morgan fingerprint density at radius 2 is 2.05 bits per heavy atom. The van der Waals surface area contributed by atoms with E-state index in [-0.39, 0.29) is 17.2 Å². The van der Waals surface area contributed by atoms with Crippen molar-refractivity contribution in [2.24, 2.45) is 0 Å². The first-order chi connectivity index (χ1) is 9.51. The summed E-state index contributed by atoms with van der Waals surface area (Å²) in [5, 5.41) is 13.6. The van der Waals surface area contributed by atoms with Gasteiger partial charge in [-0.25, -0.2) is 4.39 Å². The monoisotopic (exact) mass is 276 g/mol. The molecule has 2 aromatic rings. The molecule has 0 unspecified atom stereocenters. The molecule has 0 aliphatic heterocycles. The number of nitrogens with zero attached hydrogens (tertiary/aromatic N) is 1. The Kier molecular flexibility index (Phi) is 3.84. The van der Waals surface area contributed by atoms with Crippen LogP contribution in [0, 0.1) is 22.9 Å². The van der Waals surface area contributed by atoms with Crippen LogP contribution in [-0.4, -0.2) is 12.0 Å². The number of benzene rings is 2. The van der Waals surface area contributed by atoms with Crippen molar-refractivity contribution in [2.45, 2.75) is 6.92 Å². The number of hydrogen-bond acceptors (Lipinski definition) is 4. The molecule has 0 atom stereocenters. The van der Waals surface area contributed by atoms with E-state index in [4.69, 9.17) is 4.74 Å². The fourth-order valence-electron chi connectivity index (χ4n) is 1.72.